The molecule has 0 saturated heterocycles. The van der Waals surface area contributed by atoms with Crippen LogP contribution < -0.4 is 14.2 Å². The Labute approximate surface area is 169 Å². The van der Waals surface area contributed by atoms with Crippen molar-refractivity contribution in [2.75, 3.05) is 35.4 Å². The average Bonchev–Trinajstić information content (AvgIpc) is 3.19. The molecular weight excluding hydrogens is 402 g/mol. The molecule has 0 aliphatic rings. The van der Waals surface area contributed by atoms with Gasteiger partial charge in [-0.25, -0.2) is 17.5 Å². The van der Waals surface area contributed by atoms with Gasteiger partial charge in [0.05, 0.1) is 21.3 Å². The number of ether oxygens (including phenoxy) is 4. The monoisotopic (exact) mass is 425 g/mol. The maximum absolute atomic E-state index is 12.0. The Kier molecular flexibility index (Phi) is 7.29. The maximum atomic E-state index is 12.0. The fourth-order valence-electron chi connectivity index (χ4n) is 2.31. The van der Waals surface area contributed by atoms with Gasteiger partial charge in [0.25, 0.3) is 10.0 Å². The summed E-state index contributed by atoms with van der Waals surface area (Å²) < 4.78 is 51.1. The van der Waals surface area contributed by atoms with E-state index in [9.17, 15) is 13.2 Å². The molecule has 0 bridgehead atoms. The van der Waals surface area contributed by atoms with Crippen molar-refractivity contribution in [2.45, 2.75) is 11.7 Å². The zero-order valence-corrected chi connectivity index (χ0v) is 17.6. The van der Waals surface area contributed by atoms with Gasteiger partial charge in [-0.15, -0.1) is 0 Å². The van der Waals surface area contributed by atoms with E-state index in [1.807, 2.05) is 0 Å². The van der Waals surface area contributed by atoms with Crippen molar-refractivity contribution in [3.8, 4) is 17.2 Å². The second kappa shape index (κ2) is 9.48. The van der Waals surface area contributed by atoms with Gasteiger partial charge in [0.1, 0.15) is 12.4 Å². The Morgan fingerprint density at radius 1 is 1.07 bits per heavy atom. The van der Waals surface area contributed by atoms with Crippen molar-refractivity contribution in [2.24, 2.45) is 0 Å². The summed E-state index contributed by atoms with van der Waals surface area (Å²) >= 11 is 0. The van der Waals surface area contributed by atoms with E-state index in [-0.39, 0.29) is 17.5 Å². The van der Waals surface area contributed by atoms with Gasteiger partial charge in [-0.3, -0.25) is 0 Å². The minimum absolute atomic E-state index is 0.207. The van der Waals surface area contributed by atoms with Gasteiger partial charge in [0.15, 0.2) is 11.5 Å². The van der Waals surface area contributed by atoms with E-state index in [2.05, 4.69) is 0 Å². The molecule has 9 nitrogen and oxygen atoms in total. The molecule has 2 aromatic rings. The lowest BCUT2D eigenvalue weighted by Gasteiger charge is -2.12. The number of carbonyl (C=O) groups excluding carboxylic acids is 1. The molecule has 10 heteroatoms. The molecule has 0 spiro atoms. The van der Waals surface area contributed by atoms with E-state index in [1.54, 1.807) is 12.1 Å². The van der Waals surface area contributed by atoms with Crippen LogP contribution in [0.1, 0.15) is 11.3 Å². The molecule has 1 heterocycles. The largest absolute Gasteiger partial charge is 0.493 e. The third-order valence-electron chi connectivity index (χ3n) is 3.83. The molecule has 0 N–H and O–H groups in total. The number of hydrogen-bond acceptors (Lipinski definition) is 8. The minimum Gasteiger partial charge on any atom is -0.493 e. The first-order valence-corrected chi connectivity index (χ1v) is 9.83. The summed E-state index contributed by atoms with van der Waals surface area (Å²) in [5, 5.41) is -0.221. The highest BCUT2D eigenvalue weighted by atomic mass is 32.2. The van der Waals surface area contributed by atoms with Crippen molar-refractivity contribution in [3.05, 3.63) is 41.7 Å². The predicted molar refractivity (Wildman–Crippen MR) is 105 cm³/mol. The van der Waals surface area contributed by atoms with Crippen LogP contribution in [0.3, 0.4) is 0 Å². The van der Waals surface area contributed by atoms with Crippen LogP contribution in [0.15, 0.2) is 39.9 Å². The summed E-state index contributed by atoms with van der Waals surface area (Å²) in [7, 11) is 3.59. The molecule has 0 saturated carbocycles. The van der Waals surface area contributed by atoms with Crippen LogP contribution in [0.25, 0.3) is 6.08 Å². The Balaban J connectivity index is 2.05. The van der Waals surface area contributed by atoms with Gasteiger partial charge < -0.3 is 23.4 Å². The van der Waals surface area contributed by atoms with Gasteiger partial charge in [0, 0.05) is 20.2 Å². The summed E-state index contributed by atoms with van der Waals surface area (Å²) in [4.78, 5) is 12.0. The van der Waals surface area contributed by atoms with Crippen LogP contribution in [0.2, 0.25) is 0 Å². The molecule has 2 rings (SSSR count). The van der Waals surface area contributed by atoms with Crippen LogP contribution in [0.4, 0.5) is 0 Å². The first kappa shape index (κ1) is 22.3. The van der Waals surface area contributed by atoms with Crippen molar-refractivity contribution in [3.63, 3.8) is 0 Å². The number of rotatable bonds is 9. The lowest BCUT2D eigenvalue weighted by atomic mass is 10.1. The number of carbonyl (C=O) groups is 1. The first-order valence-electron chi connectivity index (χ1n) is 8.39. The summed E-state index contributed by atoms with van der Waals surface area (Å²) in [6.45, 7) is -0.207. The third-order valence-corrected chi connectivity index (χ3v) is 5.52. The number of methoxy groups -OCH3 is 3. The second-order valence-electron chi connectivity index (χ2n) is 5.91. The van der Waals surface area contributed by atoms with Gasteiger partial charge >= 0.3 is 5.97 Å². The minimum atomic E-state index is -3.68. The van der Waals surface area contributed by atoms with Crippen LogP contribution in [-0.2, 0) is 26.2 Å². The van der Waals surface area contributed by atoms with E-state index in [4.69, 9.17) is 23.4 Å². The van der Waals surface area contributed by atoms with E-state index >= 15 is 0 Å². The number of nitrogens with zero attached hydrogens (tertiary/aromatic N) is 1. The Morgan fingerprint density at radius 3 is 2.21 bits per heavy atom. The smallest absolute Gasteiger partial charge is 0.331 e. The Bertz CT molecular complexity index is 966. The predicted octanol–water partition coefficient (Wildman–Crippen LogP) is 2.31. The molecule has 0 aliphatic heterocycles. The quantitative estimate of drug-likeness (QED) is 0.445. The fraction of sp³-hybridized carbons (Fsp3) is 0.316. The first-order chi connectivity index (χ1) is 13.7. The van der Waals surface area contributed by atoms with Crippen LogP contribution in [-0.4, -0.2) is 54.1 Å². The van der Waals surface area contributed by atoms with Crippen LogP contribution in [0, 0.1) is 0 Å². The van der Waals surface area contributed by atoms with Gasteiger partial charge in [-0.1, -0.05) is 0 Å². The molecule has 0 fully saturated rings. The molecule has 158 valence electrons. The molecule has 29 heavy (non-hydrogen) atoms. The Hall–Kier alpha value is -2.98. The molecule has 0 amide bonds. The van der Waals surface area contributed by atoms with E-state index in [0.717, 1.165) is 4.31 Å². The van der Waals surface area contributed by atoms with Gasteiger partial charge in [-0.2, -0.15) is 0 Å². The highest BCUT2D eigenvalue weighted by molar-refractivity contribution is 7.88. The Morgan fingerprint density at radius 2 is 1.69 bits per heavy atom. The molecule has 1 aromatic carbocycles. The highest BCUT2D eigenvalue weighted by Crippen LogP contribution is 2.38. The van der Waals surface area contributed by atoms with Crippen LogP contribution in [0.5, 0.6) is 17.2 Å². The zero-order valence-electron chi connectivity index (χ0n) is 16.8. The van der Waals surface area contributed by atoms with Crippen molar-refractivity contribution in [1.29, 1.82) is 0 Å². The van der Waals surface area contributed by atoms with E-state index in [1.165, 1.54) is 59.7 Å². The summed E-state index contributed by atoms with van der Waals surface area (Å²) in [5.41, 5.74) is 0.633. The molecule has 0 atom stereocenters. The maximum Gasteiger partial charge on any atom is 0.331 e. The third kappa shape index (κ3) is 5.30. The number of hydrogen-bond donors (Lipinski definition) is 0. The summed E-state index contributed by atoms with van der Waals surface area (Å²) in [6, 6.07) is 6.10. The highest BCUT2D eigenvalue weighted by Gasteiger charge is 2.21. The normalized spacial score (nSPS) is 11.7. The van der Waals surface area contributed by atoms with Crippen molar-refractivity contribution in [1.82, 2.24) is 4.31 Å². The van der Waals surface area contributed by atoms with Crippen molar-refractivity contribution >= 4 is 22.1 Å². The molecular formula is C19H23NO8S. The lowest BCUT2D eigenvalue weighted by molar-refractivity contribution is -0.139. The molecule has 1 aromatic heterocycles. The van der Waals surface area contributed by atoms with E-state index in [0.29, 0.717) is 22.8 Å². The molecule has 0 unspecified atom stereocenters. The summed E-state index contributed by atoms with van der Waals surface area (Å²) in [6.07, 6.45) is 2.75. The number of esters is 1. The van der Waals surface area contributed by atoms with E-state index < -0.39 is 16.0 Å². The summed E-state index contributed by atoms with van der Waals surface area (Å²) in [5.74, 6) is 0.915. The SMILES string of the molecule is COc1cc(/C=C/C(=O)OCc2ccc(S(=O)(=O)N(C)C)o2)cc(OC)c1OC. The molecule has 0 aliphatic carbocycles. The fourth-order valence-corrected chi connectivity index (χ4v) is 3.12. The topological polar surface area (TPSA) is 105 Å². The zero-order chi connectivity index (χ0) is 21.6. The van der Waals surface area contributed by atoms with Gasteiger partial charge in [0.2, 0.25) is 10.8 Å². The number of furan rings is 1. The average molecular weight is 425 g/mol. The lowest BCUT2D eigenvalue weighted by Crippen LogP contribution is -2.21. The van der Waals surface area contributed by atoms with Gasteiger partial charge in [-0.05, 0) is 35.9 Å². The molecule has 0 radical (unpaired) electrons. The number of sulfonamides is 1. The van der Waals surface area contributed by atoms with Crippen LogP contribution >= 0.6 is 0 Å². The standard InChI is InChI=1S/C19H23NO8S/c1-20(2)29(22,23)18-9-7-14(28-18)12-27-17(21)8-6-13-10-15(24-3)19(26-5)16(11-13)25-4/h6-11H,12H2,1-5H3/b8-6+. The second-order valence-corrected chi connectivity index (χ2v) is 7.99. The number of benzene rings is 1. The van der Waals surface area contributed by atoms with Crippen molar-refractivity contribution < 1.29 is 36.6 Å².